The third kappa shape index (κ3) is 8.04. The normalized spacial score (nSPS) is 22.5. The first-order valence-electron chi connectivity index (χ1n) is 11.6. The van der Waals surface area contributed by atoms with Crippen LogP contribution in [0, 0.1) is 11.8 Å². The van der Waals surface area contributed by atoms with Crippen LogP contribution in [0.4, 0.5) is 0 Å². The Labute approximate surface area is 224 Å². The molecule has 194 valence electrons. The summed E-state index contributed by atoms with van der Waals surface area (Å²) in [6, 6.07) is 9.04. The summed E-state index contributed by atoms with van der Waals surface area (Å²) in [6.45, 7) is -1.91. The summed E-state index contributed by atoms with van der Waals surface area (Å²) in [5, 5.41) is 39.7. The van der Waals surface area contributed by atoms with Gasteiger partial charge in [0, 0.05) is 20.3 Å². The van der Waals surface area contributed by atoms with Gasteiger partial charge in [-0.1, -0.05) is 23.2 Å². The van der Waals surface area contributed by atoms with Crippen LogP contribution < -0.4 is 0 Å². The summed E-state index contributed by atoms with van der Waals surface area (Å²) in [6.07, 6.45) is 4.21. The number of hydrogen-bond acceptors (Lipinski definition) is 7. The van der Waals surface area contributed by atoms with E-state index in [4.69, 9.17) is 49.8 Å². The van der Waals surface area contributed by atoms with E-state index in [1.165, 1.54) is 11.3 Å². The van der Waals surface area contributed by atoms with Crippen molar-refractivity contribution in [2.45, 2.75) is 55.6 Å². The average molecular weight is 566 g/mol. The molecular formula is C25H31Cl3O6S. The van der Waals surface area contributed by atoms with Gasteiger partial charge >= 0.3 is 5.97 Å². The Morgan fingerprint density at radius 2 is 1.74 bits per heavy atom. The summed E-state index contributed by atoms with van der Waals surface area (Å²) < 4.78 is 5.03. The molecule has 0 bridgehead atoms. The van der Waals surface area contributed by atoms with Crippen molar-refractivity contribution in [1.82, 2.24) is 0 Å². The quantitative estimate of drug-likeness (QED) is 0.223. The molecule has 1 saturated carbocycles. The molecule has 0 aliphatic heterocycles. The molecule has 1 aromatic heterocycles. The molecule has 0 saturated heterocycles. The van der Waals surface area contributed by atoms with Gasteiger partial charge in [0.1, 0.15) is 17.1 Å². The Kier molecular flexibility index (Phi) is 10.7. The van der Waals surface area contributed by atoms with Gasteiger partial charge in [-0.3, -0.25) is 0 Å². The maximum absolute atomic E-state index is 12.2. The zero-order valence-electron chi connectivity index (χ0n) is 19.2. The summed E-state index contributed by atoms with van der Waals surface area (Å²) in [7, 11) is 0. The molecular weight excluding hydrogens is 535 g/mol. The van der Waals surface area contributed by atoms with E-state index in [2.05, 4.69) is 0 Å². The molecule has 4 unspecified atom stereocenters. The van der Waals surface area contributed by atoms with Crippen LogP contribution in [0.15, 0.2) is 30.3 Å². The number of rotatable bonds is 12. The van der Waals surface area contributed by atoms with Crippen LogP contribution in [0.25, 0.3) is 0 Å². The van der Waals surface area contributed by atoms with Crippen molar-refractivity contribution in [1.29, 1.82) is 0 Å². The highest BCUT2D eigenvalue weighted by atomic mass is 35.5. The van der Waals surface area contributed by atoms with Crippen LogP contribution in [0.3, 0.4) is 0 Å². The third-order valence-corrected chi connectivity index (χ3v) is 8.61. The van der Waals surface area contributed by atoms with Gasteiger partial charge in [0.15, 0.2) is 0 Å². The highest BCUT2D eigenvalue weighted by Crippen LogP contribution is 2.42. The van der Waals surface area contributed by atoms with Gasteiger partial charge in [0.05, 0.1) is 19.3 Å². The molecule has 1 aromatic carbocycles. The fourth-order valence-electron chi connectivity index (χ4n) is 4.57. The van der Waals surface area contributed by atoms with E-state index in [1.807, 2.05) is 18.2 Å². The van der Waals surface area contributed by atoms with Crippen LogP contribution in [0.2, 0.25) is 10.0 Å². The lowest BCUT2D eigenvalue weighted by Crippen LogP contribution is -2.43. The van der Waals surface area contributed by atoms with Gasteiger partial charge in [0.2, 0.25) is 0 Å². The van der Waals surface area contributed by atoms with Gasteiger partial charge in [-0.25, -0.2) is 4.79 Å². The van der Waals surface area contributed by atoms with Crippen LogP contribution in [-0.4, -0.2) is 63.3 Å². The number of esters is 1. The zero-order valence-corrected chi connectivity index (χ0v) is 22.3. The fourth-order valence-corrected chi connectivity index (χ4v) is 6.58. The first kappa shape index (κ1) is 28.7. The lowest BCUT2D eigenvalue weighted by atomic mass is 9.85. The molecule has 4 atom stereocenters. The predicted molar refractivity (Wildman–Crippen MR) is 139 cm³/mol. The van der Waals surface area contributed by atoms with Gasteiger partial charge < -0.3 is 25.2 Å². The molecule has 0 amide bonds. The molecule has 0 spiro atoms. The third-order valence-electron chi connectivity index (χ3n) is 6.55. The lowest BCUT2D eigenvalue weighted by Gasteiger charge is -2.23. The molecule has 6 nitrogen and oxygen atoms in total. The molecule has 1 aliphatic rings. The first-order chi connectivity index (χ1) is 16.6. The van der Waals surface area contributed by atoms with E-state index in [1.54, 1.807) is 12.1 Å². The fraction of sp³-hybridized carbons (Fsp3) is 0.560. The zero-order chi connectivity index (χ0) is 25.6. The number of thiophene rings is 1. The summed E-state index contributed by atoms with van der Waals surface area (Å²) in [5.74, 6) is -0.316. The van der Waals surface area contributed by atoms with E-state index >= 15 is 0 Å². The number of carbonyl (C=O) groups is 1. The molecule has 1 heterocycles. The second-order valence-corrected chi connectivity index (χ2v) is 11.8. The van der Waals surface area contributed by atoms with E-state index in [9.17, 15) is 15.0 Å². The molecule has 1 aliphatic carbocycles. The van der Waals surface area contributed by atoms with Crippen molar-refractivity contribution < 1.29 is 30.0 Å². The number of alkyl halides is 1. The maximum atomic E-state index is 12.2. The maximum Gasteiger partial charge on any atom is 0.348 e. The topological polar surface area (TPSA) is 107 Å². The Morgan fingerprint density at radius 3 is 2.40 bits per heavy atom. The van der Waals surface area contributed by atoms with Crippen molar-refractivity contribution in [3.05, 3.63) is 55.7 Å². The SMILES string of the molecule is O=C(OCC(O)(CO)CO)c1ccc(CCCC2C(Cl)CC(O)C2CCc2cc(Cl)cc(Cl)c2)s1. The number of carbonyl (C=O) groups excluding carboxylic acids is 1. The Morgan fingerprint density at radius 1 is 1.06 bits per heavy atom. The van der Waals surface area contributed by atoms with Gasteiger partial charge in [-0.05, 0) is 86.3 Å². The number of hydrogen-bond donors (Lipinski definition) is 4. The van der Waals surface area contributed by atoms with E-state index in [0.29, 0.717) is 21.3 Å². The molecule has 0 radical (unpaired) electrons. The predicted octanol–water partition coefficient (Wildman–Crippen LogP) is 4.49. The molecule has 4 N–H and O–H groups in total. The smallest absolute Gasteiger partial charge is 0.348 e. The summed E-state index contributed by atoms with van der Waals surface area (Å²) in [5.41, 5.74) is -0.809. The lowest BCUT2D eigenvalue weighted by molar-refractivity contribution is -0.0916. The number of aliphatic hydroxyl groups excluding tert-OH is 3. The minimum absolute atomic E-state index is 0.0800. The molecule has 35 heavy (non-hydrogen) atoms. The van der Waals surface area contributed by atoms with Gasteiger partial charge in [-0.15, -0.1) is 22.9 Å². The first-order valence-corrected chi connectivity index (χ1v) is 13.6. The number of halogens is 3. The summed E-state index contributed by atoms with van der Waals surface area (Å²) in [4.78, 5) is 13.6. The molecule has 2 aromatic rings. The van der Waals surface area contributed by atoms with Crippen molar-refractivity contribution in [2.75, 3.05) is 19.8 Å². The Hall–Kier alpha value is -0.900. The highest BCUT2D eigenvalue weighted by molar-refractivity contribution is 7.13. The van der Waals surface area contributed by atoms with Crippen LogP contribution in [-0.2, 0) is 17.6 Å². The second-order valence-electron chi connectivity index (χ2n) is 9.24. The summed E-state index contributed by atoms with van der Waals surface area (Å²) >= 11 is 20.1. The molecule has 10 heteroatoms. The van der Waals surface area contributed by atoms with Crippen LogP contribution in [0.5, 0.6) is 0 Å². The Balaban J connectivity index is 1.50. The van der Waals surface area contributed by atoms with E-state index in [0.717, 1.165) is 42.5 Å². The largest absolute Gasteiger partial charge is 0.458 e. The highest BCUT2D eigenvalue weighted by Gasteiger charge is 2.40. The van der Waals surface area contributed by atoms with E-state index in [-0.39, 0.29) is 17.2 Å². The minimum atomic E-state index is -1.85. The van der Waals surface area contributed by atoms with Crippen molar-refractivity contribution >= 4 is 52.1 Å². The number of aliphatic hydroxyl groups is 4. The van der Waals surface area contributed by atoms with E-state index < -0.39 is 37.5 Å². The Bertz CT molecular complexity index is 960. The van der Waals surface area contributed by atoms with Gasteiger partial charge in [-0.2, -0.15) is 0 Å². The molecule has 1 fully saturated rings. The standard InChI is InChI=1S/C25H31Cl3O6S/c26-16-8-15(9-17(27)10-16)4-6-20-19(21(28)11-22(20)31)3-1-2-18-5-7-23(35-18)24(32)34-14-25(33,12-29)13-30/h5,7-10,19-22,29-31,33H,1-4,6,11-14H2. The van der Waals surface area contributed by atoms with Crippen LogP contribution in [0.1, 0.15) is 45.8 Å². The van der Waals surface area contributed by atoms with Crippen LogP contribution >= 0.6 is 46.1 Å². The minimum Gasteiger partial charge on any atom is -0.458 e. The number of ether oxygens (including phenoxy) is 1. The monoisotopic (exact) mass is 564 g/mol. The molecule has 3 rings (SSSR count). The van der Waals surface area contributed by atoms with Crippen molar-refractivity contribution in [3.63, 3.8) is 0 Å². The average Bonchev–Trinajstić information content (AvgIpc) is 3.39. The van der Waals surface area contributed by atoms with Gasteiger partial charge in [0.25, 0.3) is 0 Å². The number of benzene rings is 1. The number of aryl methyl sites for hydroxylation is 2. The van der Waals surface area contributed by atoms with Crippen molar-refractivity contribution in [3.8, 4) is 0 Å². The van der Waals surface area contributed by atoms with Crippen molar-refractivity contribution in [2.24, 2.45) is 11.8 Å². The second kappa shape index (κ2) is 13.1.